The summed E-state index contributed by atoms with van der Waals surface area (Å²) in [6, 6.07) is 4.89. The number of halogens is 1. The van der Waals surface area contributed by atoms with Gasteiger partial charge in [0.2, 0.25) is 0 Å². The molecule has 112 valence electrons. The van der Waals surface area contributed by atoms with E-state index in [2.05, 4.69) is 0 Å². The molecule has 0 aromatic heterocycles. The quantitative estimate of drug-likeness (QED) is 0.833. The molecular weight excluding hydrogens is 296 g/mol. The molecule has 0 atom stereocenters. The smallest absolute Gasteiger partial charge is 0.410 e. The molecule has 7 heteroatoms. The molecule has 2 amide bonds. The van der Waals surface area contributed by atoms with Crippen LogP contribution >= 0.6 is 11.6 Å². The van der Waals surface area contributed by atoms with Gasteiger partial charge >= 0.3 is 6.09 Å². The number of hydrogen-bond acceptors (Lipinski definition) is 4. The number of likely N-dealkylation sites (tertiary alicyclic amines) is 1. The lowest BCUT2D eigenvalue weighted by molar-refractivity contribution is -0.0582. The van der Waals surface area contributed by atoms with Gasteiger partial charge in [0.15, 0.2) is 5.60 Å². The van der Waals surface area contributed by atoms with Crippen molar-refractivity contribution in [1.29, 1.82) is 0 Å². The van der Waals surface area contributed by atoms with E-state index in [1.165, 1.54) is 12.0 Å². The zero-order valence-electron chi connectivity index (χ0n) is 11.8. The number of rotatable bonds is 2. The number of ether oxygens (including phenoxy) is 2. The molecule has 1 spiro atoms. The minimum atomic E-state index is -0.554. The summed E-state index contributed by atoms with van der Waals surface area (Å²) in [6.07, 6.45) is -0.342. The van der Waals surface area contributed by atoms with Crippen LogP contribution in [0, 0.1) is 0 Å². The van der Waals surface area contributed by atoms with Crippen LogP contribution in [0.15, 0.2) is 18.2 Å². The molecule has 0 radical (unpaired) electrons. The largest absolute Gasteiger partial charge is 0.496 e. The summed E-state index contributed by atoms with van der Waals surface area (Å²) in [6.45, 7) is 1.30. The van der Waals surface area contributed by atoms with E-state index in [0.29, 0.717) is 36.0 Å². The Bertz CT molecular complexity index is 613. The highest BCUT2D eigenvalue weighted by Crippen LogP contribution is 2.34. The molecule has 3 rings (SSSR count). The summed E-state index contributed by atoms with van der Waals surface area (Å²) in [5.41, 5.74) is -0.101. The highest BCUT2D eigenvalue weighted by molar-refractivity contribution is 6.30. The van der Waals surface area contributed by atoms with Crippen molar-refractivity contribution in [2.24, 2.45) is 0 Å². The third kappa shape index (κ3) is 2.29. The van der Waals surface area contributed by atoms with Crippen molar-refractivity contribution in [1.82, 2.24) is 9.80 Å². The minimum absolute atomic E-state index is 0.153. The summed E-state index contributed by atoms with van der Waals surface area (Å²) >= 11 is 5.89. The maximum Gasteiger partial charge on any atom is 0.410 e. The van der Waals surface area contributed by atoms with Crippen molar-refractivity contribution in [3.63, 3.8) is 0 Å². The first kappa shape index (κ1) is 14.0. The second-order valence-corrected chi connectivity index (χ2v) is 5.85. The lowest BCUT2D eigenvalue weighted by atomic mass is 9.93. The second-order valence-electron chi connectivity index (χ2n) is 5.41. The number of amides is 2. The van der Waals surface area contributed by atoms with Gasteiger partial charge in [0.25, 0.3) is 5.91 Å². The number of hydrogen-bond donors (Lipinski definition) is 0. The van der Waals surface area contributed by atoms with Crippen molar-refractivity contribution in [3.05, 3.63) is 28.8 Å². The average Bonchev–Trinajstić information content (AvgIpc) is 2.72. The van der Waals surface area contributed by atoms with Gasteiger partial charge in [-0.15, -0.1) is 0 Å². The third-order valence-corrected chi connectivity index (χ3v) is 4.02. The molecule has 2 heterocycles. The molecule has 2 fully saturated rings. The zero-order valence-corrected chi connectivity index (χ0v) is 12.5. The highest BCUT2D eigenvalue weighted by Gasteiger charge is 2.54. The minimum Gasteiger partial charge on any atom is -0.496 e. The molecule has 21 heavy (non-hydrogen) atoms. The van der Waals surface area contributed by atoms with Gasteiger partial charge in [-0.2, -0.15) is 0 Å². The van der Waals surface area contributed by atoms with Crippen LogP contribution in [0.1, 0.15) is 10.4 Å². The van der Waals surface area contributed by atoms with Crippen molar-refractivity contribution >= 4 is 23.6 Å². The summed E-state index contributed by atoms with van der Waals surface area (Å²) in [7, 11) is 3.18. The second kappa shape index (κ2) is 4.80. The van der Waals surface area contributed by atoms with Crippen LogP contribution in [0.2, 0.25) is 5.02 Å². The molecule has 2 aliphatic heterocycles. The first-order valence-electron chi connectivity index (χ1n) is 6.51. The van der Waals surface area contributed by atoms with Crippen LogP contribution in [0.5, 0.6) is 5.75 Å². The normalized spacial score (nSPS) is 19.5. The van der Waals surface area contributed by atoms with Gasteiger partial charge in [0, 0.05) is 12.1 Å². The summed E-state index contributed by atoms with van der Waals surface area (Å²) in [5, 5.41) is 0.509. The van der Waals surface area contributed by atoms with Gasteiger partial charge in [0.1, 0.15) is 5.75 Å². The van der Waals surface area contributed by atoms with Gasteiger partial charge < -0.3 is 19.3 Å². The fourth-order valence-electron chi connectivity index (χ4n) is 2.76. The van der Waals surface area contributed by atoms with Gasteiger partial charge in [-0.1, -0.05) is 11.6 Å². The van der Waals surface area contributed by atoms with Gasteiger partial charge in [-0.3, -0.25) is 4.79 Å². The Labute approximate surface area is 127 Å². The van der Waals surface area contributed by atoms with E-state index in [1.54, 1.807) is 30.1 Å². The fourth-order valence-corrected chi connectivity index (χ4v) is 2.92. The average molecular weight is 311 g/mol. The van der Waals surface area contributed by atoms with Gasteiger partial charge in [0.05, 0.1) is 32.3 Å². The SMILES string of the molecule is COc1cc(Cl)ccc1C(=O)N1CC2(CN(C)C(=O)O2)C1. The third-order valence-electron chi connectivity index (χ3n) is 3.78. The molecule has 6 nitrogen and oxygen atoms in total. The van der Waals surface area contributed by atoms with Crippen molar-refractivity contribution < 1.29 is 19.1 Å². The number of likely N-dealkylation sites (N-methyl/N-ethyl adjacent to an activating group) is 1. The van der Waals surface area contributed by atoms with Crippen LogP contribution in [0.4, 0.5) is 4.79 Å². The highest BCUT2D eigenvalue weighted by atomic mass is 35.5. The van der Waals surface area contributed by atoms with E-state index in [0.717, 1.165) is 0 Å². The topological polar surface area (TPSA) is 59.1 Å². The molecule has 2 aliphatic rings. The van der Waals surface area contributed by atoms with E-state index < -0.39 is 5.60 Å². The fraction of sp³-hybridized carbons (Fsp3) is 0.429. The van der Waals surface area contributed by atoms with E-state index in [1.807, 2.05) is 0 Å². The Kier molecular flexibility index (Phi) is 3.20. The molecule has 1 aromatic rings. The maximum absolute atomic E-state index is 12.5. The molecule has 0 unspecified atom stereocenters. The number of nitrogens with zero attached hydrogens (tertiary/aromatic N) is 2. The van der Waals surface area contributed by atoms with E-state index in [4.69, 9.17) is 21.1 Å². The molecule has 0 bridgehead atoms. The summed E-state index contributed by atoms with van der Waals surface area (Å²) < 4.78 is 10.5. The van der Waals surface area contributed by atoms with Crippen LogP contribution < -0.4 is 4.74 Å². The zero-order chi connectivity index (χ0) is 15.2. The molecule has 0 saturated carbocycles. The van der Waals surface area contributed by atoms with Crippen LogP contribution in [0.3, 0.4) is 0 Å². The van der Waals surface area contributed by atoms with Gasteiger partial charge in [-0.05, 0) is 18.2 Å². The Morgan fingerprint density at radius 3 is 2.67 bits per heavy atom. The molecule has 2 saturated heterocycles. The first-order valence-corrected chi connectivity index (χ1v) is 6.89. The molecule has 0 N–H and O–H groups in total. The van der Waals surface area contributed by atoms with Crippen molar-refractivity contribution in [3.8, 4) is 5.75 Å². The summed E-state index contributed by atoms with van der Waals surface area (Å²) in [5.74, 6) is 0.286. The Balaban J connectivity index is 1.73. The molecule has 1 aromatic carbocycles. The lowest BCUT2D eigenvalue weighted by Gasteiger charge is -2.45. The number of carbonyl (C=O) groups excluding carboxylic acids is 2. The predicted molar refractivity (Wildman–Crippen MR) is 75.7 cm³/mol. The van der Waals surface area contributed by atoms with Crippen LogP contribution in [0.25, 0.3) is 0 Å². The maximum atomic E-state index is 12.5. The Morgan fingerprint density at radius 1 is 1.38 bits per heavy atom. The van der Waals surface area contributed by atoms with Gasteiger partial charge in [-0.25, -0.2) is 4.79 Å². The molecular formula is C14H15ClN2O4. The Morgan fingerprint density at radius 2 is 2.10 bits per heavy atom. The standard InChI is InChI=1S/C14H15ClN2O4/c1-16-6-14(21-13(16)19)7-17(8-14)12(18)10-4-3-9(15)5-11(10)20-2/h3-5H,6-8H2,1-2H3. The number of methoxy groups -OCH3 is 1. The predicted octanol–water partition coefficient (Wildman–Crippen LogP) is 1.63. The monoisotopic (exact) mass is 310 g/mol. The summed E-state index contributed by atoms with van der Waals surface area (Å²) in [4.78, 5) is 27.1. The van der Waals surface area contributed by atoms with Crippen molar-refractivity contribution in [2.75, 3.05) is 33.8 Å². The van der Waals surface area contributed by atoms with E-state index >= 15 is 0 Å². The molecule has 0 aliphatic carbocycles. The first-order chi connectivity index (χ1) is 9.94. The van der Waals surface area contributed by atoms with Crippen LogP contribution in [-0.4, -0.2) is 61.2 Å². The lowest BCUT2D eigenvalue weighted by Crippen LogP contribution is -2.65. The van der Waals surface area contributed by atoms with Crippen molar-refractivity contribution in [2.45, 2.75) is 5.60 Å². The Hall–Kier alpha value is -1.95. The number of carbonyl (C=O) groups is 2. The van der Waals surface area contributed by atoms with E-state index in [9.17, 15) is 9.59 Å². The van der Waals surface area contributed by atoms with Crippen LogP contribution in [-0.2, 0) is 4.74 Å². The van der Waals surface area contributed by atoms with E-state index in [-0.39, 0.29) is 12.0 Å². The number of benzene rings is 1.